The van der Waals surface area contributed by atoms with Crippen LogP contribution >= 0.6 is 0 Å². The van der Waals surface area contributed by atoms with Crippen LogP contribution in [0.15, 0.2) is 42.5 Å². The van der Waals surface area contributed by atoms with Crippen molar-refractivity contribution in [1.29, 1.82) is 0 Å². The van der Waals surface area contributed by atoms with E-state index in [0.717, 1.165) is 17.9 Å². The molecular formula is C22H29NO3. The molecule has 140 valence electrons. The van der Waals surface area contributed by atoms with Crippen molar-refractivity contribution in [2.24, 2.45) is 0 Å². The number of hydrogen-bond acceptors (Lipinski definition) is 3. The minimum atomic E-state index is 0.0595. The van der Waals surface area contributed by atoms with E-state index in [9.17, 15) is 4.79 Å². The molecule has 0 aliphatic heterocycles. The molecule has 4 nitrogen and oxygen atoms in total. The minimum Gasteiger partial charge on any atom is -0.497 e. The quantitative estimate of drug-likeness (QED) is 0.661. The molecule has 0 bridgehead atoms. The molecule has 2 aromatic rings. The third-order valence-corrected chi connectivity index (χ3v) is 4.55. The molecule has 1 atom stereocenters. The lowest BCUT2D eigenvalue weighted by atomic mass is 9.99. The molecule has 0 spiro atoms. The molecule has 0 aromatic heterocycles. The number of ether oxygens (including phenoxy) is 2. The molecule has 0 aliphatic carbocycles. The smallest absolute Gasteiger partial charge is 0.220 e. The minimum absolute atomic E-state index is 0.0595. The zero-order chi connectivity index (χ0) is 18.9. The molecule has 1 amide bonds. The Morgan fingerprint density at radius 3 is 2.35 bits per heavy atom. The molecule has 0 aliphatic rings. The maximum absolute atomic E-state index is 12.2. The average Bonchev–Trinajstić information content (AvgIpc) is 2.66. The Morgan fingerprint density at radius 2 is 1.73 bits per heavy atom. The van der Waals surface area contributed by atoms with E-state index in [1.54, 1.807) is 7.11 Å². The number of hydrogen-bond donors (Lipinski definition) is 1. The first-order chi connectivity index (χ1) is 12.5. The Hall–Kier alpha value is -2.49. The Labute approximate surface area is 156 Å². The number of benzene rings is 2. The number of rotatable bonds is 9. The van der Waals surface area contributed by atoms with Crippen LogP contribution in [-0.4, -0.2) is 19.6 Å². The fourth-order valence-electron chi connectivity index (χ4n) is 2.76. The van der Waals surface area contributed by atoms with Crippen LogP contribution in [0.1, 0.15) is 48.9 Å². The Balaban J connectivity index is 1.76. The van der Waals surface area contributed by atoms with Crippen LogP contribution in [0.5, 0.6) is 11.5 Å². The van der Waals surface area contributed by atoms with E-state index >= 15 is 0 Å². The first-order valence-corrected chi connectivity index (χ1v) is 9.16. The highest BCUT2D eigenvalue weighted by Gasteiger charge is 2.13. The number of methoxy groups -OCH3 is 1. The number of nitrogens with one attached hydrogen (secondary N) is 1. The summed E-state index contributed by atoms with van der Waals surface area (Å²) < 4.78 is 10.8. The zero-order valence-electron chi connectivity index (χ0n) is 16.2. The summed E-state index contributed by atoms with van der Waals surface area (Å²) in [6.07, 6.45) is 2.01. The van der Waals surface area contributed by atoms with Crippen molar-refractivity contribution >= 4 is 5.91 Å². The van der Waals surface area contributed by atoms with Crippen molar-refractivity contribution in [2.75, 3.05) is 13.7 Å². The molecular weight excluding hydrogens is 326 g/mol. The summed E-state index contributed by atoms with van der Waals surface area (Å²) in [6, 6.07) is 13.9. The van der Waals surface area contributed by atoms with Crippen LogP contribution in [0.3, 0.4) is 0 Å². The van der Waals surface area contributed by atoms with Gasteiger partial charge in [-0.2, -0.15) is 0 Å². The molecule has 0 fully saturated rings. The summed E-state index contributed by atoms with van der Waals surface area (Å²) >= 11 is 0. The van der Waals surface area contributed by atoms with Gasteiger partial charge in [-0.05, 0) is 67.6 Å². The highest BCUT2D eigenvalue weighted by atomic mass is 16.5. The molecule has 4 heteroatoms. The first kappa shape index (κ1) is 19.8. The van der Waals surface area contributed by atoms with Crippen LogP contribution in [0.2, 0.25) is 0 Å². The van der Waals surface area contributed by atoms with E-state index < -0.39 is 0 Å². The van der Waals surface area contributed by atoms with E-state index in [0.29, 0.717) is 19.4 Å². The van der Waals surface area contributed by atoms with Crippen LogP contribution in [0.25, 0.3) is 0 Å². The maximum Gasteiger partial charge on any atom is 0.220 e. The summed E-state index contributed by atoms with van der Waals surface area (Å²) in [7, 11) is 1.63. The molecule has 26 heavy (non-hydrogen) atoms. The predicted molar refractivity (Wildman–Crippen MR) is 105 cm³/mol. The summed E-state index contributed by atoms with van der Waals surface area (Å²) in [4.78, 5) is 12.2. The van der Waals surface area contributed by atoms with Crippen molar-refractivity contribution in [3.8, 4) is 11.5 Å². The Bertz CT molecular complexity index is 710. The van der Waals surface area contributed by atoms with Crippen molar-refractivity contribution in [2.45, 2.75) is 46.1 Å². The average molecular weight is 355 g/mol. The number of aryl methyl sites for hydroxylation is 2. The second-order valence-corrected chi connectivity index (χ2v) is 6.50. The number of carbonyl (C=O) groups is 1. The molecule has 0 heterocycles. The van der Waals surface area contributed by atoms with Crippen molar-refractivity contribution < 1.29 is 14.3 Å². The molecule has 2 aromatic carbocycles. The largest absolute Gasteiger partial charge is 0.497 e. The van der Waals surface area contributed by atoms with Crippen molar-refractivity contribution in [1.82, 2.24) is 5.32 Å². The maximum atomic E-state index is 12.2. The van der Waals surface area contributed by atoms with Gasteiger partial charge in [0.25, 0.3) is 0 Å². The summed E-state index contributed by atoms with van der Waals surface area (Å²) in [5.41, 5.74) is 3.69. The predicted octanol–water partition coefficient (Wildman–Crippen LogP) is 4.74. The van der Waals surface area contributed by atoms with E-state index in [1.165, 1.54) is 16.7 Å². The lowest BCUT2D eigenvalue weighted by Crippen LogP contribution is -2.28. The van der Waals surface area contributed by atoms with Crippen LogP contribution in [0, 0.1) is 13.8 Å². The monoisotopic (exact) mass is 355 g/mol. The molecule has 0 saturated heterocycles. The summed E-state index contributed by atoms with van der Waals surface area (Å²) in [5.74, 6) is 1.65. The van der Waals surface area contributed by atoms with Gasteiger partial charge in [0.15, 0.2) is 0 Å². The molecule has 0 radical (unpaired) electrons. The third kappa shape index (κ3) is 5.80. The number of carbonyl (C=O) groups excluding carboxylic acids is 1. The summed E-state index contributed by atoms with van der Waals surface area (Å²) in [6.45, 7) is 6.80. The molecule has 2 rings (SSSR count). The first-order valence-electron chi connectivity index (χ1n) is 9.16. The fourth-order valence-corrected chi connectivity index (χ4v) is 2.76. The van der Waals surface area contributed by atoms with Gasteiger partial charge in [0.2, 0.25) is 5.91 Å². The molecule has 1 unspecified atom stereocenters. The third-order valence-electron chi connectivity index (χ3n) is 4.55. The van der Waals surface area contributed by atoms with Crippen LogP contribution in [-0.2, 0) is 4.79 Å². The van der Waals surface area contributed by atoms with Gasteiger partial charge in [-0.15, -0.1) is 0 Å². The van der Waals surface area contributed by atoms with Crippen LogP contribution < -0.4 is 14.8 Å². The lowest BCUT2D eigenvalue weighted by Gasteiger charge is -2.18. The van der Waals surface area contributed by atoms with Gasteiger partial charge in [0.05, 0.1) is 19.8 Å². The van der Waals surface area contributed by atoms with Gasteiger partial charge in [0, 0.05) is 6.42 Å². The van der Waals surface area contributed by atoms with Gasteiger partial charge in [-0.1, -0.05) is 25.1 Å². The standard InChI is InChI=1S/C22H29NO3/c1-5-21(18-9-8-16(2)17(3)15-18)23-22(24)7-6-14-26-20-12-10-19(25-4)11-13-20/h8-13,15,21H,5-7,14H2,1-4H3,(H,23,24). The fraction of sp³-hybridized carbons (Fsp3) is 0.409. The van der Waals surface area contributed by atoms with E-state index in [-0.39, 0.29) is 11.9 Å². The van der Waals surface area contributed by atoms with E-state index in [2.05, 4.69) is 44.3 Å². The summed E-state index contributed by atoms with van der Waals surface area (Å²) in [5, 5.41) is 3.13. The topological polar surface area (TPSA) is 47.6 Å². The van der Waals surface area contributed by atoms with Gasteiger partial charge in [-0.25, -0.2) is 0 Å². The van der Waals surface area contributed by atoms with Gasteiger partial charge in [-0.3, -0.25) is 4.79 Å². The van der Waals surface area contributed by atoms with Gasteiger partial charge >= 0.3 is 0 Å². The SMILES string of the molecule is CCC(NC(=O)CCCOc1ccc(OC)cc1)c1ccc(C)c(C)c1. The van der Waals surface area contributed by atoms with E-state index in [1.807, 2.05) is 24.3 Å². The van der Waals surface area contributed by atoms with E-state index in [4.69, 9.17) is 9.47 Å². The normalized spacial score (nSPS) is 11.7. The van der Waals surface area contributed by atoms with Crippen LogP contribution in [0.4, 0.5) is 0 Å². The second kappa shape index (κ2) is 9.85. The van der Waals surface area contributed by atoms with Crippen molar-refractivity contribution in [3.63, 3.8) is 0 Å². The highest BCUT2D eigenvalue weighted by molar-refractivity contribution is 5.76. The second-order valence-electron chi connectivity index (χ2n) is 6.50. The zero-order valence-corrected chi connectivity index (χ0v) is 16.2. The highest BCUT2D eigenvalue weighted by Crippen LogP contribution is 2.20. The molecule has 0 saturated carbocycles. The number of amides is 1. The molecule has 1 N–H and O–H groups in total. The Kier molecular flexibility index (Phi) is 7.52. The van der Waals surface area contributed by atoms with Gasteiger partial charge in [0.1, 0.15) is 11.5 Å². The lowest BCUT2D eigenvalue weighted by molar-refractivity contribution is -0.122. The Morgan fingerprint density at radius 1 is 1.04 bits per heavy atom. The van der Waals surface area contributed by atoms with Gasteiger partial charge < -0.3 is 14.8 Å². The van der Waals surface area contributed by atoms with Crippen molar-refractivity contribution in [3.05, 3.63) is 59.2 Å².